The van der Waals surface area contributed by atoms with Gasteiger partial charge in [-0.05, 0) is 92.5 Å². The summed E-state index contributed by atoms with van der Waals surface area (Å²) in [6.45, 7) is 6.21. The van der Waals surface area contributed by atoms with E-state index in [-0.39, 0.29) is 18.1 Å². The van der Waals surface area contributed by atoms with Crippen molar-refractivity contribution in [3.8, 4) is 5.75 Å². The molecule has 2 aromatic rings. The van der Waals surface area contributed by atoms with E-state index in [1.165, 1.54) is 43.2 Å². The summed E-state index contributed by atoms with van der Waals surface area (Å²) in [5.74, 6) is 1.78. The van der Waals surface area contributed by atoms with Gasteiger partial charge in [-0.1, -0.05) is 12.5 Å². The van der Waals surface area contributed by atoms with Crippen molar-refractivity contribution in [1.82, 2.24) is 0 Å². The number of rotatable bonds is 4. The summed E-state index contributed by atoms with van der Waals surface area (Å²) in [6.07, 6.45) is 3.87. The Labute approximate surface area is 167 Å². The van der Waals surface area contributed by atoms with E-state index in [1.807, 2.05) is 12.1 Å². The Morgan fingerprint density at radius 3 is 2.64 bits per heavy atom. The number of hydrogen-bond donors (Lipinski definition) is 1. The highest BCUT2D eigenvalue weighted by Gasteiger charge is 2.40. The Morgan fingerprint density at radius 1 is 1.11 bits per heavy atom. The lowest BCUT2D eigenvalue weighted by Gasteiger charge is -2.38. The second-order valence-corrected chi connectivity index (χ2v) is 8.30. The minimum atomic E-state index is -0.284. The summed E-state index contributed by atoms with van der Waals surface area (Å²) in [6, 6.07) is 12.6. The van der Waals surface area contributed by atoms with Crippen LogP contribution in [0.25, 0.3) is 0 Å². The number of benzene rings is 2. The summed E-state index contributed by atoms with van der Waals surface area (Å²) in [5.41, 5.74) is 5.62. The van der Waals surface area contributed by atoms with Gasteiger partial charge in [-0.25, -0.2) is 4.79 Å². The van der Waals surface area contributed by atoms with Crippen molar-refractivity contribution >= 4 is 11.7 Å². The first kappa shape index (κ1) is 18.9. The van der Waals surface area contributed by atoms with E-state index >= 15 is 0 Å². The number of esters is 1. The van der Waals surface area contributed by atoms with Crippen molar-refractivity contribution in [2.24, 2.45) is 5.92 Å². The van der Waals surface area contributed by atoms with Crippen molar-refractivity contribution in [3.63, 3.8) is 0 Å². The van der Waals surface area contributed by atoms with E-state index in [1.54, 1.807) is 0 Å². The first-order chi connectivity index (χ1) is 13.5. The van der Waals surface area contributed by atoms with E-state index in [9.17, 15) is 4.79 Å². The minimum absolute atomic E-state index is 0.178. The van der Waals surface area contributed by atoms with Crippen LogP contribution < -0.4 is 10.1 Å². The maximum atomic E-state index is 11.9. The Bertz CT molecular complexity index is 889. The fourth-order valence-electron chi connectivity index (χ4n) is 4.95. The van der Waals surface area contributed by atoms with E-state index < -0.39 is 0 Å². The Kier molecular flexibility index (Phi) is 5.05. The molecule has 0 amide bonds. The van der Waals surface area contributed by atoms with Crippen molar-refractivity contribution in [3.05, 3.63) is 58.7 Å². The van der Waals surface area contributed by atoms with Crippen LogP contribution in [0.1, 0.15) is 72.1 Å². The van der Waals surface area contributed by atoms with Gasteiger partial charge in [0.15, 0.2) is 0 Å². The molecule has 4 nitrogen and oxygen atoms in total. The molecular weight excluding hydrogens is 350 g/mol. The van der Waals surface area contributed by atoms with Gasteiger partial charge in [0.2, 0.25) is 0 Å². The van der Waals surface area contributed by atoms with Gasteiger partial charge in [0, 0.05) is 5.69 Å². The highest BCUT2D eigenvalue weighted by Crippen LogP contribution is 2.53. The van der Waals surface area contributed by atoms with E-state index in [0.717, 1.165) is 11.3 Å². The maximum absolute atomic E-state index is 11.9. The zero-order valence-corrected chi connectivity index (χ0v) is 17.1. The second kappa shape index (κ2) is 7.50. The highest BCUT2D eigenvalue weighted by atomic mass is 16.5. The van der Waals surface area contributed by atoms with E-state index in [2.05, 4.69) is 50.4 Å². The molecule has 1 N–H and O–H groups in total. The number of ether oxygens (including phenoxy) is 2. The van der Waals surface area contributed by atoms with Crippen LogP contribution >= 0.6 is 0 Å². The lowest BCUT2D eigenvalue weighted by molar-refractivity contribution is 0.0600. The van der Waals surface area contributed by atoms with Crippen LogP contribution in [-0.2, 0) is 4.74 Å². The molecule has 0 unspecified atom stereocenters. The quantitative estimate of drug-likeness (QED) is 0.701. The number of nitrogens with one attached hydrogen (secondary N) is 1. The summed E-state index contributed by atoms with van der Waals surface area (Å²) >= 11 is 0. The predicted octanol–water partition coefficient (Wildman–Crippen LogP) is 5.62. The zero-order chi connectivity index (χ0) is 19.8. The van der Waals surface area contributed by atoms with Gasteiger partial charge >= 0.3 is 5.97 Å². The third-order valence-corrected chi connectivity index (χ3v) is 6.13. The fraction of sp³-hybridized carbons (Fsp3) is 0.458. The maximum Gasteiger partial charge on any atom is 0.337 e. The molecule has 2 aliphatic rings. The number of aryl methyl sites for hydroxylation is 1. The molecule has 0 radical (unpaired) electrons. The topological polar surface area (TPSA) is 47.6 Å². The zero-order valence-electron chi connectivity index (χ0n) is 17.1. The molecule has 148 valence electrons. The van der Waals surface area contributed by atoms with Gasteiger partial charge in [0.25, 0.3) is 0 Å². The number of methoxy groups -OCH3 is 1. The summed E-state index contributed by atoms with van der Waals surface area (Å²) in [7, 11) is 1.42. The number of fused-ring (bicyclic) bond motifs is 3. The third kappa shape index (κ3) is 3.36. The molecule has 0 saturated heterocycles. The molecule has 0 spiro atoms. The average Bonchev–Trinajstić information content (AvgIpc) is 3.17. The molecule has 1 aliphatic heterocycles. The standard InChI is InChI=1S/C24H29NO3/c1-14(2)28-17-9-11-22-21(13-17)19-6-5-7-20(19)23(25-22)18-10-8-16(12-15(18)3)24(26)27-4/h8-14,19-20,23,25H,5-7H2,1-4H3/t19-,20+,23-/m1/s1. The lowest BCUT2D eigenvalue weighted by Crippen LogP contribution is -2.29. The van der Waals surface area contributed by atoms with Crippen molar-refractivity contribution in [1.29, 1.82) is 0 Å². The van der Waals surface area contributed by atoms with Gasteiger partial charge in [0.1, 0.15) is 5.75 Å². The Hall–Kier alpha value is -2.49. The van der Waals surface area contributed by atoms with Crippen LogP contribution in [0.2, 0.25) is 0 Å². The van der Waals surface area contributed by atoms with Gasteiger partial charge < -0.3 is 14.8 Å². The normalized spacial score (nSPS) is 23.0. The molecule has 1 saturated carbocycles. The Morgan fingerprint density at radius 2 is 1.93 bits per heavy atom. The van der Waals surface area contributed by atoms with Crippen molar-refractivity contribution in [2.45, 2.75) is 58.1 Å². The number of hydrogen-bond acceptors (Lipinski definition) is 4. The highest BCUT2D eigenvalue weighted by molar-refractivity contribution is 5.89. The number of carbonyl (C=O) groups excluding carboxylic acids is 1. The molecule has 2 aromatic carbocycles. The second-order valence-electron chi connectivity index (χ2n) is 8.30. The molecule has 1 aliphatic carbocycles. The van der Waals surface area contributed by atoms with Gasteiger partial charge in [-0.15, -0.1) is 0 Å². The lowest BCUT2D eigenvalue weighted by atomic mass is 9.76. The SMILES string of the molecule is COC(=O)c1ccc([C@H]2Nc3ccc(OC(C)C)cc3[C@@H]3CCC[C@H]23)c(C)c1. The first-order valence-corrected chi connectivity index (χ1v) is 10.2. The van der Waals surface area contributed by atoms with Crippen LogP contribution in [0.4, 0.5) is 5.69 Å². The van der Waals surface area contributed by atoms with Crippen molar-refractivity contribution in [2.75, 3.05) is 12.4 Å². The van der Waals surface area contributed by atoms with Gasteiger partial charge in [-0.3, -0.25) is 0 Å². The minimum Gasteiger partial charge on any atom is -0.491 e. The van der Waals surface area contributed by atoms with Crippen LogP contribution in [0.3, 0.4) is 0 Å². The Balaban J connectivity index is 1.68. The summed E-state index contributed by atoms with van der Waals surface area (Å²) < 4.78 is 10.8. The fourth-order valence-corrected chi connectivity index (χ4v) is 4.95. The third-order valence-electron chi connectivity index (χ3n) is 6.13. The van der Waals surface area contributed by atoms with Crippen LogP contribution in [0.5, 0.6) is 5.75 Å². The van der Waals surface area contributed by atoms with Crippen LogP contribution in [0.15, 0.2) is 36.4 Å². The van der Waals surface area contributed by atoms with Gasteiger partial charge in [-0.2, -0.15) is 0 Å². The molecule has 3 atom stereocenters. The monoisotopic (exact) mass is 379 g/mol. The molecule has 0 aromatic heterocycles. The van der Waals surface area contributed by atoms with Crippen LogP contribution in [-0.4, -0.2) is 19.2 Å². The molecule has 4 rings (SSSR count). The number of anilines is 1. The molecular formula is C24H29NO3. The summed E-state index contributed by atoms with van der Waals surface area (Å²) in [4.78, 5) is 11.9. The summed E-state index contributed by atoms with van der Waals surface area (Å²) in [5, 5.41) is 3.80. The molecule has 28 heavy (non-hydrogen) atoms. The van der Waals surface area contributed by atoms with E-state index in [0.29, 0.717) is 17.4 Å². The first-order valence-electron chi connectivity index (χ1n) is 10.2. The average molecular weight is 380 g/mol. The largest absolute Gasteiger partial charge is 0.491 e. The number of carbonyl (C=O) groups is 1. The predicted molar refractivity (Wildman–Crippen MR) is 111 cm³/mol. The van der Waals surface area contributed by atoms with Gasteiger partial charge in [0.05, 0.1) is 24.8 Å². The molecule has 1 heterocycles. The van der Waals surface area contributed by atoms with Crippen molar-refractivity contribution < 1.29 is 14.3 Å². The smallest absolute Gasteiger partial charge is 0.337 e. The molecule has 0 bridgehead atoms. The molecule has 4 heteroatoms. The van der Waals surface area contributed by atoms with E-state index in [4.69, 9.17) is 9.47 Å². The molecule has 1 fully saturated rings. The van der Waals surface area contributed by atoms with Crippen LogP contribution in [0, 0.1) is 12.8 Å².